The fourth-order valence-electron chi connectivity index (χ4n) is 2.40. The number of halogens is 2. The zero-order chi connectivity index (χ0) is 22.3. The average Bonchev–Trinajstić information content (AvgIpc) is 2.66. The quantitative estimate of drug-likeness (QED) is 0.315. The maximum absolute atomic E-state index is 12.0. The molecule has 7 nitrogen and oxygen atoms in total. The van der Waals surface area contributed by atoms with Crippen LogP contribution in [0.2, 0.25) is 5.02 Å². The highest BCUT2D eigenvalue weighted by Crippen LogP contribution is 2.36. The molecule has 9 heteroatoms. The molecule has 2 rings (SSSR count). The van der Waals surface area contributed by atoms with Gasteiger partial charge in [-0.1, -0.05) is 17.7 Å². The van der Waals surface area contributed by atoms with E-state index < -0.39 is 11.8 Å². The summed E-state index contributed by atoms with van der Waals surface area (Å²) in [5.41, 5.74) is 4.42. The summed E-state index contributed by atoms with van der Waals surface area (Å²) >= 11 is 9.47. The molecule has 30 heavy (non-hydrogen) atoms. The molecule has 0 atom stereocenters. The van der Waals surface area contributed by atoms with Crippen molar-refractivity contribution in [1.29, 1.82) is 0 Å². The van der Waals surface area contributed by atoms with Crippen LogP contribution in [0.5, 0.6) is 11.5 Å². The number of benzene rings is 2. The van der Waals surface area contributed by atoms with Gasteiger partial charge in [0, 0.05) is 10.7 Å². The molecule has 0 aliphatic heterocycles. The average molecular weight is 497 g/mol. The van der Waals surface area contributed by atoms with E-state index in [1.807, 2.05) is 20.8 Å². The van der Waals surface area contributed by atoms with Crippen LogP contribution in [0.15, 0.2) is 39.9 Å². The Morgan fingerprint density at radius 1 is 1.23 bits per heavy atom. The summed E-state index contributed by atoms with van der Waals surface area (Å²) in [5, 5.41) is 7.05. The third-order valence-corrected chi connectivity index (χ3v) is 4.78. The van der Waals surface area contributed by atoms with Crippen LogP contribution >= 0.6 is 27.5 Å². The molecule has 0 saturated carbocycles. The molecule has 0 saturated heterocycles. The predicted octanol–water partition coefficient (Wildman–Crippen LogP) is 4.69. The maximum atomic E-state index is 12.0. The minimum absolute atomic E-state index is 0.0175. The van der Waals surface area contributed by atoms with Crippen molar-refractivity contribution >= 4 is 51.2 Å². The van der Waals surface area contributed by atoms with Crippen LogP contribution in [0, 0.1) is 6.92 Å². The van der Waals surface area contributed by atoms with Crippen molar-refractivity contribution < 1.29 is 19.1 Å². The third kappa shape index (κ3) is 7.03. The largest absolute Gasteiger partial charge is 0.493 e. The van der Waals surface area contributed by atoms with E-state index in [4.69, 9.17) is 21.1 Å². The van der Waals surface area contributed by atoms with Crippen molar-refractivity contribution in [2.45, 2.75) is 33.3 Å². The lowest BCUT2D eigenvalue weighted by Crippen LogP contribution is -2.24. The van der Waals surface area contributed by atoms with Gasteiger partial charge in [0.15, 0.2) is 11.5 Å². The van der Waals surface area contributed by atoms with Gasteiger partial charge in [0.05, 0.1) is 23.9 Å². The molecule has 0 aromatic heterocycles. The van der Waals surface area contributed by atoms with Gasteiger partial charge in [-0.15, -0.1) is 0 Å². The van der Waals surface area contributed by atoms with Crippen LogP contribution in [-0.4, -0.2) is 31.2 Å². The summed E-state index contributed by atoms with van der Waals surface area (Å²) in [5.74, 6) is 0.0959. The van der Waals surface area contributed by atoms with E-state index in [1.165, 1.54) is 13.3 Å². The fourth-order valence-corrected chi connectivity index (χ4v) is 3.14. The van der Waals surface area contributed by atoms with E-state index in [-0.39, 0.29) is 12.5 Å². The summed E-state index contributed by atoms with van der Waals surface area (Å²) in [6.07, 6.45) is 1.05. The second kappa shape index (κ2) is 11.0. The Balaban J connectivity index is 1.94. The van der Waals surface area contributed by atoms with Gasteiger partial charge >= 0.3 is 0 Å². The lowest BCUT2D eigenvalue weighted by Gasteiger charge is -2.15. The fraction of sp³-hybridized carbons (Fsp3) is 0.286. The Hall–Kier alpha value is -2.58. The maximum Gasteiger partial charge on any atom is 0.249 e. The molecular formula is C21H23BrClN3O4. The van der Waals surface area contributed by atoms with Gasteiger partial charge < -0.3 is 14.8 Å². The van der Waals surface area contributed by atoms with E-state index >= 15 is 0 Å². The summed E-state index contributed by atoms with van der Waals surface area (Å²) in [7, 11) is 1.54. The van der Waals surface area contributed by atoms with Crippen LogP contribution in [-0.2, 0) is 9.59 Å². The van der Waals surface area contributed by atoms with Gasteiger partial charge in [-0.2, -0.15) is 5.10 Å². The smallest absolute Gasteiger partial charge is 0.249 e. The van der Waals surface area contributed by atoms with Crippen LogP contribution in [0.25, 0.3) is 0 Å². The topological polar surface area (TPSA) is 89.0 Å². The Morgan fingerprint density at radius 3 is 2.60 bits per heavy atom. The predicted molar refractivity (Wildman–Crippen MR) is 122 cm³/mol. The number of amides is 2. The molecule has 2 aromatic carbocycles. The number of hydrogen-bond donors (Lipinski definition) is 2. The molecule has 0 bridgehead atoms. The van der Waals surface area contributed by atoms with Gasteiger partial charge in [0.2, 0.25) is 11.8 Å². The first-order chi connectivity index (χ1) is 14.2. The highest BCUT2D eigenvalue weighted by molar-refractivity contribution is 9.10. The molecule has 2 amide bonds. The zero-order valence-electron chi connectivity index (χ0n) is 17.1. The van der Waals surface area contributed by atoms with E-state index in [0.29, 0.717) is 32.2 Å². The molecule has 0 spiro atoms. The Kier molecular flexibility index (Phi) is 8.68. The summed E-state index contributed by atoms with van der Waals surface area (Å²) in [6, 6.07) is 8.64. The molecule has 0 radical (unpaired) electrons. The molecule has 2 aromatic rings. The van der Waals surface area contributed by atoms with E-state index in [1.54, 1.807) is 30.3 Å². The van der Waals surface area contributed by atoms with Crippen LogP contribution in [0.4, 0.5) is 5.69 Å². The zero-order valence-corrected chi connectivity index (χ0v) is 19.4. The van der Waals surface area contributed by atoms with E-state index in [9.17, 15) is 9.59 Å². The van der Waals surface area contributed by atoms with Crippen molar-refractivity contribution in [2.75, 3.05) is 12.4 Å². The van der Waals surface area contributed by atoms with E-state index in [2.05, 4.69) is 31.8 Å². The number of nitrogens with one attached hydrogen (secondary N) is 2. The van der Waals surface area contributed by atoms with Crippen molar-refractivity contribution in [3.63, 3.8) is 0 Å². The second-order valence-electron chi connectivity index (χ2n) is 6.68. The number of hydrogen-bond acceptors (Lipinski definition) is 5. The van der Waals surface area contributed by atoms with Gasteiger partial charge in [-0.05, 0) is 72.1 Å². The normalized spacial score (nSPS) is 10.9. The molecule has 2 N–H and O–H groups in total. The first-order valence-electron chi connectivity index (χ1n) is 9.11. The highest BCUT2D eigenvalue weighted by atomic mass is 79.9. The van der Waals surface area contributed by atoms with Crippen molar-refractivity contribution in [1.82, 2.24) is 5.43 Å². The Labute approximate surface area is 188 Å². The standard InChI is InChI=1S/C21H23BrClN3O4/c1-12(2)30-21-16(22)7-14(8-18(21)29-4)11-24-26-20(28)10-19(27)25-15-6-5-13(3)17(23)9-15/h5-9,11-12H,10H2,1-4H3,(H,25,27)(H,26,28). The first-order valence-corrected chi connectivity index (χ1v) is 10.3. The number of carbonyl (C=O) groups excluding carboxylic acids is 2. The van der Waals surface area contributed by atoms with E-state index in [0.717, 1.165) is 5.56 Å². The SMILES string of the molecule is COc1cc(C=NNC(=O)CC(=O)Nc2ccc(C)c(Cl)c2)cc(Br)c1OC(C)C. The first kappa shape index (κ1) is 23.7. The minimum atomic E-state index is -0.548. The molecule has 0 aliphatic carbocycles. The van der Waals surface area contributed by atoms with Gasteiger partial charge in [-0.3, -0.25) is 9.59 Å². The number of hydrazone groups is 1. The Morgan fingerprint density at radius 2 is 1.97 bits per heavy atom. The number of aryl methyl sites for hydroxylation is 1. The molecule has 0 heterocycles. The van der Waals surface area contributed by atoms with Crippen LogP contribution in [0.3, 0.4) is 0 Å². The summed E-state index contributed by atoms with van der Waals surface area (Å²) in [4.78, 5) is 24.0. The lowest BCUT2D eigenvalue weighted by molar-refractivity contribution is -0.126. The van der Waals surface area contributed by atoms with Gasteiger partial charge in [0.1, 0.15) is 6.42 Å². The highest BCUT2D eigenvalue weighted by Gasteiger charge is 2.13. The van der Waals surface area contributed by atoms with Crippen molar-refractivity contribution in [3.8, 4) is 11.5 Å². The molecular weight excluding hydrogens is 474 g/mol. The Bertz CT molecular complexity index is 964. The molecule has 0 fully saturated rings. The van der Waals surface area contributed by atoms with Gasteiger partial charge in [0.25, 0.3) is 0 Å². The molecule has 0 aliphatic rings. The molecule has 0 unspecified atom stereocenters. The number of rotatable bonds is 8. The molecule has 160 valence electrons. The second-order valence-corrected chi connectivity index (χ2v) is 7.94. The van der Waals surface area contributed by atoms with Crippen molar-refractivity contribution in [2.24, 2.45) is 5.10 Å². The number of nitrogens with zero attached hydrogens (tertiary/aromatic N) is 1. The lowest BCUT2D eigenvalue weighted by atomic mass is 10.2. The third-order valence-electron chi connectivity index (χ3n) is 3.78. The van der Waals surface area contributed by atoms with Crippen LogP contribution in [0.1, 0.15) is 31.4 Å². The number of carbonyl (C=O) groups is 2. The summed E-state index contributed by atoms with van der Waals surface area (Å²) < 4.78 is 11.8. The van der Waals surface area contributed by atoms with Crippen molar-refractivity contribution in [3.05, 3.63) is 51.0 Å². The number of methoxy groups -OCH3 is 1. The number of anilines is 1. The van der Waals surface area contributed by atoms with Gasteiger partial charge in [-0.25, -0.2) is 5.43 Å². The minimum Gasteiger partial charge on any atom is -0.493 e. The van der Waals surface area contributed by atoms with Crippen LogP contribution < -0.4 is 20.2 Å². The monoisotopic (exact) mass is 495 g/mol. The summed E-state index contributed by atoms with van der Waals surface area (Å²) in [6.45, 7) is 5.69. The number of ether oxygens (including phenoxy) is 2.